The van der Waals surface area contributed by atoms with Crippen molar-refractivity contribution in [3.05, 3.63) is 29.8 Å². The Morgan fingerprint density at radius 3 is 2.42 bits per heavy atom. The minimum absolute atomic E-state index is 0.0272. The summed E-state index contributed by atoms with van der Waals surface area (Å²) < 4.78 is 2.66. The van der Waals surface area contributed by atoms with Crippen molar-refractivity contribution in [2.24, 2.45) is 0 Å². The topological polar surface area (TPSA) is 29.1 Å². The van der Waals surface area contributed by atoms with Crippen LogP contribution < -0.4 is 4.72 Å². The van der Waals surface area contributed by atoms with E-state index in [1.807, 2.05) is 31.2 Å². The Bertz CT molecular complexity index is 268. The lowest BCUT2D eigenvalue weighted by atomic mass is 10.2. The largest absolute Gasteiger partial charge is 0.296 e. The standard InChI is InChI=1S/C9H11NOS/c1-7-3-5-9(6-4-7)12-10-8(2)11/h3-6H,1-2H3,(H,10,11). The highest BCUT2D eigenvalue weighted by molar-refractivity contribution is 7.98. The lowest BCUT2D eigenvalue weighted by Crippen LogP contribution is -2.09. The zero-order valence-electron chi connectivity index (χ0n) is 7.13. The maximum atomic E-state index is 10.6. The maximum absolute atomic E-state index is 10.6. The molecule has 0 aliphatic heterocycles. The Morgan fingerprint density at radius 1 is 1.33 bits per heavy atom. The van der Waals surface area contributed by atoms with E-state index in [1.54, 1.807) is 0 Å². The molecular formula is C9H11NOS. The lowest BCUT2D eigenvalue weighted by molar-refractivity contribution is -0.117. The number of benzene rings is 1. The quantitative estimate of drug-likeness (QED) is 0.708. The summed E-state index contributed by atoms with van der Waals surface area (Å²) in [7, 11) is 0. The third kappa shape index (κ3) is 2.96. The first-order chi connectivity index (χ1) is 5.68. The van der Waals surface area contributed by atoms with Crippen LogP contribution in [0.15, 0.2) is 29.2 Å². The molecule has 0 radical (unpaired) electrons. The Hall–Kier alpha value is -0.960. The van der Waals surface area contributed by atoms with Crippen molar-refractivity contribution in [2.45, 2.75) is 18.7 Å². The lowest BCUT2D eigenvalue weighted by Gasteiger charge is -2.00. The molecule has 0 atom stereocenters. The van der Waals surface area contributed by atoms with E-state index in [4.69, 9.17) is 0 Å². The van der Waals surface area contributed by atoms with E-state index in [0.717, 1.165) is 4.90 Å². The molecule has 64 valence electrons. The third-order valence-electron chi connectivity index (χ3n) is 1.33. The van der Waals surface area contributed by atoms with Crippen LogP contribution in [0.3, 0.4) is 0 Å². The number of aryl methyl sites for hydroxylation is 1. The number of hydrogen-bond donors (Lipinski definition) is 1. The van der Waals surface area contributed by atoms with E-state index >= 15 is 0 Å². The number of nitrogens with one attached hydrogen (secondary N) is 1. The van der Waals surface area contributed by atoms with Gasteiger partial charge in [-0.1, -0.05) is 17.7 Å². The van der Waals surface area contributed by atoms with Gasteiger partial charge in [-0.05, 0) is 31.0 Å². The van der Waals surface area contributed by atoms with Crippen molar-refractivity contribution in [3.63, 3.8) is 0 Å². The Morgan fingerprint density at radius 2 is 1.92 bits per heavy atom. The average molecular weight is 181 g/mol. The van der Waals surface area contributed by atoms with Gasteiger partial charge in [-0.25, -0.2) is 0 Å². The van der Waals surface area contributed by atoms with Gasteiger partial charge < -0.3 is 0 Å². The minimum atomic E-state index is -0.0272. The highest BCUT2D eigenvalue weighted by Gasteiger charge is 1.94. The van der Waals surface area contributed by atoms with Crippen molar-refractivity contribution < 1.29 is 4.79 Å². The second kappa shape index (κ2) is 4.16. The fraction of sp³-hybridized carbons (Fsp3) is 0.222. The van der Waals surface area contributed by atoms with Crippen LogP contribution in [0.1, 0.15) is 12.5 Å². The summed E-state index contributed by atoms with van der Waals surface area (Å²) in [6, 6.07) is 8.00. The van der Waals surface area contributed by atoms with E-state index in [-0.39, 0.29) is 5.91 Å². The minimum Gasteiger partial charge on any atom is -0.296 e. The molecule has 0 heterocycles. The van der Waals surface area contributed by atoms with Gasteiger partial charge in [-0.3, -0.25) is 9.52 Å². The second-order valence-electron chi connectivity index (χ2n) is 2.57. The number of carbonyl (C=O) groups excluding carboxylic acids is 1. The second-order valence-corrected chi connectivity index (χ2v) is 3.45. The molecule has 1 aromatic rings. The number of hydrogen-bond acceptors (Lipinski definition) is 2. The third-order valence-corrected chi connectivity index (χ3v) is 2.23. The van der Waals surface area contributed by atoms with E-state index in [1.165, 1.54) is 24.4 Å². The van der Waals surface area contributed by atoms with Gasteiger partial charge in [0.05, 0.1) is 0 Å². The molecular weight excluding hydrogens is 170 g/mol. The predicted molar refractivity (Wildman–Crippen MR) is 50.9 cm³/mol. The normalized spacial score (nSPS) is 9.50. The Balaban J connectivity index is 2.53. The molecule has 0 bridgehead atoms. The van der Waals surface area contributed by atoms with Crippen LogP contribution in [0.5, 0.6) is 0 Å². The van der Waals surface area contributed by atoms with Crippen molar-refractivity contribution in [1.82, 2.24) is 4.72 Å². The first-order valence-corrected chi connectivity index (χ1v) is 4.50. The first-order valence-electron chi connectivity index (χ1n) is 3.68. The van der Waals surface area contributed by atoms with Crippen LogP contribution in [0.25, 0.3) is 0 Å². The molecule has 0 aromatic heterocycles. The number of carbonyl (C=O) groups is 1. The van der Waals surface area contributed by atoms with Gasteiger partial charge in [0, 0.05) is 11.8 Å². The summed E-state index contributed by atoms with van der Waals surface area (Å²) in [5.41, 5.74) is 1.22. The number of amides is 1. The Labute approximate surface area is 76.5 Å². The van der Waals surface area contributed by atoms with Crippen LogP contribution in [-0.4, -0.2) is 5.91 Å². The SMILES string of the molecule is CC(=O)NSc1ccc(C)cc1. The smallest absolute Gasteiger partial charge is 0.226 e. The zero-order valence-corrected chi connectivity index (χ0v) is 7.94. The average Bonchev–Trinajstić information content (AvgIpc) is 2.03. The van der Waals surface area contributed by atoms with Crippen LogP contribution in [0.4, 0.5) is 0 Å². The zero-order chi connectivity index (χ0) is 8.97. The molecule has 0 spiro atoms. The molecule has 1 rings (SSSR count). The Kier molecular flexibility index (Phi) is 3.17. The molecule has 0 unspecified atom stereocenters. The molecule has 0 fully saturated rings. The van der Waals surface area contributed by atoms with Gasteiger partial charge in [0.1, 0.15) is 0 Å². The predicted octanol–water partition coefficient (Wildman–Crippen LogP) is 2.14. The highest BCUT2D eigenvalue weighted by atomic mass is 32.2. The summed E-state index contributed by atoms with van der Waals surface area (Å²) in [6.07, 6.45) is 0. The van der Waals surface area contributed by atoms with Gasteiger partial charge in [-0.2, -0.15) is 0 Å². The van der Waals surface area contributed by atoms with Crippen LogP contribution in [0, 0.1) is 6.92 Å². The fourth-order valence-corrected chi connectivity index (χ4v) is 1.27. The van der Waals surface area contributed by atoms with Crippen LogP contribution >= 0.6 is 11.9 Å². The molecule has 0 aliphatic carbocycles. The van der Waals surface area contributed by atoms with Crippen molar-refractivity contribution in [2.75, 3.05) is 0 Å². The van der Waals surface area contributed by atoms with Gasteiger partial charge in [-0.15, -0.1) is 0 Å². The molecule has 1 amide bonds. The summed E-state index contributed by atoms with van der Waals surface area (Å²) in [4.78, 5) is 11.6. The molecule has 0 saturated carbocycles. The van der Waals surface area contributed by atoms with Crippen LogP contribution in [-0.2, 0) is 4.79 Å². The highest BCUT2D eigenvalue weighted by Crippen LogP contribution is 2.14. The summed E-state index contributed by atoms with van der Waals surface area (Å²) in [6.45, 7) is 3.54. The fourth-order valence-electron chi connectivity index (χ4n) is 0.737. The summed E-state index contributed by atoms with van der Waals surface area (Å²) >= 11 is 1.34. The molecule has 2 nitrogen and oxygen atoms in total. The number of rotatable bonds is 2. The van der Waals surface area contributed by atoms with E-state index in [0.29, 0.717) is 0 Å². The maximum Gasteiger partial charge on any atom is 0.226 e. The van der Waals surface area contributed by atoms with Crippen LogP contribution in [0.2, 0.25) is 0 Å². The molecule has 3 heteroatoms. The summed E-state index contributed by atoms with van der Waals surface area (Å²) in [5.74, 6) is -0.0272. The molecule has 1 aromatic carbocycles. The van der Waals surface area contributed by atoms with E-state index < -0.39 is 0 Å². The first kappa shape index (κ1) is 9.13. The van der Waals surface area contributed by atoms with Gasteiger partial charge in [0.2, 0.25) is 5.91 Å². The molecule has 0 aliphatic rings. The molecule has 0 saturated heterocycles. The van der Waals surface area contributed by atoms with Gasteiger partial charge in [0.15, 0.2) is 0 Å². The van der Waals surface area contributed by atoms with Crippen molar-refractivity contribution in [1.29, 1.82) is 0 Å². The monoisotopic (exact) mass is 181 g/mol. The molecule has 12 heavy (non-hydrogen) atoms. The van der Waals surface area contributed by atoms with Gasteiger partial charge >= 0.3 is 0 Å². The molecule has 1 N–H and O–H groups in total. The summed E-state index contributed by atoms with van der Waals surface area (Å²) in [5, 5.41) is 0. The van der Waals surface area contributed by atoms with Gasteiger partial charge in [0.25, 0.3) is 0 Å². The van der Waals surface area contributed by atoms with Crippen molar-refractivity contribution in [3.8, 4) is 0 Å². The van der Waals surface area contributed by atoms with Crippen molar-refractivity contribution >= 4 is 17.9 Å². The van der Waals surface area contributed by atoms with E-state index in [2.05, 4.69) is 4.72 Å². The van der Waals surface area contributed by atoms with E-state index in [9.17, 15) is 4.79 Å².